The smallest absolute Gasteiger partial charge is 0.276 e. The highest BCUT2D eigenvalue weighted by atomic mass is 32.2. The Morgan fingerprint density at radius 3 is 2.90 bits per heavy atom. The SMILES string of the molecule is C=CCSC1=NN2C(=c3ccccc3=N[C@@H]2c2ccc(OCC)c(C)c2)C(=O)N1. The summed E-state index contributed by atoms with van der Waals surface area (Å²) in [7, 11) is 0. The lowest BCUT2D eigenvalue weighted by Crippen LogP contribution is -2.50. The maximum Gasteiger partial charge on any atom is 0.276 e. The van der Waals surface area contributed by atoms with Crippen molar-refractivity contribution in [1.29, 1.82) is 0 Å². The van der Waals surface area contributed by atoms with Gasteiger partial charge in [-0.05, 0) is 43.2 Å². The Morgan fingerprint density at radius 1 is 1.31 bits per heavy atom. The number of amides is 1. The quantitative estimate of drug-likeness (QED) is 0.775. The number of para-hydroxylation sites is 1. The Morgan fingerprint density at radius 2 is 2.14 bits per heavy atom. The first-order chi connectivity index (χ1) is 14.1. The maximum absolute atomic E-state index is 13.0. The lowest BCUT2D eigenvalue weighted by Gasteiger charge is -2.34. The molecule has 0 radical (unpaired) electrons. The monoisotopic (exact) mass is 406 g/mol. The molecular formula is C22H22N4O2S. The highest BCUT2D eigenvalue weighted by Crippen LogP contribution is 2.32. The number of carbonyl (C=O) groups is 1. The predicted molar refractivity (Wildman–Crippen MR) is 116 cm³/mol. The fourth-order valence-electron chi connectivity index (χ4n) is 3.40. The first-order valence-electron chi connectivity index (χ1n) is 9.45. The van der Waals surface area contributed by atoms with Crippen molar-refractivity contribution in [2.24, 2.45) is 10.1 Å². The first kappa shape index (κ1) is 19.3. The van der Waals surface area contributed by atoms with Crippen molar-refractivity contribution in [1.82, 2.24) is 10.3 Å². The second-order valence-corrected chi connectivity index (χ2v) is 7.64. The van der Waals surface area contributed by atoms with Crippen LogP contribution in [0.2, 0.25) is 0 Å². The Hall–Kier alpha value is -3.06. The highest BCUT2D eigenvalue weighted by molar-refractivity contribution is 8.14. The molecule has 0 unspecified atom stereocenters. The molecule has 29 heavy (non-hydrogen) atoms. The Balaban J connectivity index is 1.86. The van der Waals surface area contributed by atoms with Crippen LogP contribution in [0, 0.1) is 6.92 Å². The summed E-state index contributed by atoms with van der Waals surface area (Å²) in [6.07, 6.45) is 1.35. The summed E-state index contributed by atoms with van der Waals surface area (Å²) in [5.41, 5.74) is 2.48. The number of ether oxygens (including phenoxy) is 1. The molecule has 0 aromatic heterocycles. The van der Waals surface area contributed by atoms with Gasteiger partial charge in [0.15, 0.2) is 11.3 Å². The van der Waals surface area contributed by atoms with Crippen LogP contribution >= 0.6 is 11.8 Å². The third-order valence-corrected chi connectivity index (χ3v) is 5.51. The summed E-state index contributed by atoms with van der Waals surface area (Å²) in [4.78, 5) is 17.9. The van der Waals surface area contributed by atoms with E-state index < -0.39 is 6.17 Å². The normalized spacial score (nSPS) is 17.5. The van der Waals surface area contributed by atoms with E-state index in [-0.39, 0.29) is 5.91 Å². The summed E-state index contributed by atoms with van der Waals surface area (Å²) in [6.45, 7) is 8.32. The zero-order valence-electron chi connectivity index (χ0n) is 16.4. The van der Waals surface area contributed by atoms with Gasteiger partial charge in [0, 0.05) is 11.0 Å². The molecule has 6 nitrogen and oxygen atoms in total. The molecule has 1 N–H and O–H groups in total. The highest BCUT2D eigenvalue weighted by Gasteiger charge is 2.34. The van der Waals surface area contributed by atoms with E-state index in [1.54, 1.807) is 11.1 Å². The standard InChI is InChI=1S/C22H22N4O2S/c1-4-12-29-22-24-21(27)19-16-8-6-7-9-17(16)23-20(26(19)25-22)15-10-11-18(28-5-2)14(3)13-15/h4,6-11,13,20H,1,5,12H2,2-3H3,(H,24,25,27)/t20-/m0/s1. The molecule has 0 spiro atoms. The summed E-state index contributed by atoms with van der Waals surface area (Å²) in [6, 6.07) is 13.6. The van der Waals surface area contributed by atoms with Crippen molar-refractivity contribution < 1.29 is 9.53 Å². The number of nitrogens with one attached hydrogen (secondary N) is 1. The van der Waals surface area contributed by atoms with Crippen LogP contribution in [0.25, 0.3) is 5.70 Å². The number of hydrazone groups is 1. The molecule has 0 saturated heterocycles. The number of amidine groups is 1. The minimum atomic E-state index is -0.431. The lowest BCUT2D eigenvalue weighted by atomic mass is 10.1. The van der Waals surface area contributed by atoms with Gasteiger partial charge >= 0.3 is 0 Å². The fraction of sp³-hybridized carbons (Fsp3) is 0.227. The van der Waals surface area contributed by atoms with Crippen LogP contribution in [0.5, 0.6) is 5.75 Å². The third-order valence-electron chi connectivity index (χ3n) is 4.65. The van der Waals surface area contributed by atoms with Crippen LogP contribution < -0.4 is 20.6 Å². The van der Waals surface area contributed by atoms with Gasteiger partial charge < -0.3 is 4.74 Å². The van der Waals surface area contributed by atoms with Crippen molar-refractivity contribution in [2.45, 2.75) is 20.0 Å². The van der Waals surface area contributed by atoms with Gasteiger partial charge in [0.05, 0.1) is 12.0 Å². The summed E-state index contributed by atoms with van der Waals surface area (Å²) < 4.78 is 5.67. The van der Waals surface area contributed by atoms with Gasteiger partial charge in [0.25, 0.3) is 5.91 Å². The molecule has 2 aliphatic rings. The summed E-state index contributed by atoms with van der Waals surface area (Å²) >= 11 is 1.43. The minimum absolute atomic E-state index is 0.179. The average molecular weight is 407 g/mol. The van der Waals surface area contributed by atoms with Crippen LogP contribution in [0.15, 0.2) is 65.2 Å². The molecule has 148 valence electrons. The van der Waals surface area contributed by atoms with E-state index in [2.05, 4.69) is 11.9 Å². The molecule has 7 heteroatoms. The number of hydrogen-bond acceptors (Lipinski definition) is 6. The molecule has 0 saturated carbocycles. The molecule has 0 aliphatic carbocycles. The number of nitrogens with zero attached hydrogens (tertiary/aromatic N) is 3. The molecular weight excluding hydrogens is 384 g/mol. The van der Waals surface area contributed by atoms with Crippen LogP contribution in [-0.2, 0) is 4.79 Å². The number of aryl methyl sites for hydroxylation is 1. The van der Waals surface area contributed by atoms with Gasteiger partial charge in [-0.25, -0.2) is 5.01 Å². The van der Waals surface area contributed by atoms with Crippen LogP contribution in [0.3, 0.4) is 0 Å². The van der Waals surface area contributed by atoms with Crippen molar-refractivity contribution in [3.05, 3.63) is 76.8 Å². The number of benzene rings is 2. The zero-order valence-corrected chi connectivity index (χ0v) is 17.2. The van der Waals surface area contributed by atoms with E-state index in [1.807, 2.05) is 56.3 Å². The molecule has 2 heterocycles. The first-order valence-corrected chi connectivity index (χ1v) is 10.4. The van der Waals surface area contributed by atoms with E-state index in [4.69, 9.17) is 14.8 Å². The lowest BCUT2D eigenvalue weighted by molar-refractivity contribution is -0.116. The minimum Gasteiger partial charge on any atom is -0.494 e. The van der Waals surface area contributed by atoms with E-state index >= 15 is 0 Å². The summed E-state index contributed by atoms with van der Waals surface area (Å²) in [5, 5.41) is 11.4. The van der Waals surface area contributed by atoms with Crippen molar-refractivity contribution >= 4 is 28.5 Å². The number of rotatable bonds is 5. The second kappa shape index (κ2) is 8.13. The van der Waals surface area contributed by atoms with E-state index in [0.717, 1.165) is 27.5 Å². The number of hydrogen-bond donors (Lipinski definition) is 1. The van der Waals surface area contributed by atoms with Gasteiger partial charge in [-0.1, -0.05) is 42.1 Å². The van der Waals surface area contributed by atoms with Crippen molar-refractivity contribution in [3.8, 4) is 5.75 Å². The van der Waals surface area contributed by atoms with Crippen molar-refractivity contribution in [2.75, 3.05) is 12.4 Å². The Labute approximate surface area is 173 Å². The Kier molecular flexibility index (Phi) is 5.40. The fourth-order valence-corrected chi connectivity index (χ4v) is 3.98. The zero-order chi connectivity index (χ0) is 20.4. The van der Waals surface area contributed by atoms with Crippen LogP contribution in [0.4, 0.5) is 0 Å². The van der Waals surface area contributed by atoms with Gasteiger partial charge in [-0.15, -0.1) is 11.7 Å². The molecule has 0 fully saturated rings. The predicted octanol–water partition coefficient (Wildman–Crippen LogP) is 2.46. The summed E-state index contributed by atoms with van der Waals surface area (Å²) in [5.74, 6) is 1.32. The molecule has 4 rings (SSSR count). The molecule has 1 amide bonds. The van der Waals surface area contributed by atoms with Crippen molar-refractivity contribution in [3.63, 3.8) is 0 Å². The van der Waals surface area contributed by atoms with Gasteiger partial charge in [-0.2, -0.15) is 0 Å². The van der Waals surface area contributed by atoms with Gasteiger partial charge in [0.1, 0.15) is 11.4 Å². The number of thioether (sulfide) groups is 1. The van der Waals surface area contributed by atoms with Gasteiger partial charge in [-0.3, -0.25) is 15.1 Å². The molecule has 1 atom stereocenters. The van der Waals surface area contributed by atoms with E-state index in [1.165, 1.54) is 11.8 Å². The molecule has 0 bridgehead atoms. The van der Waals surface area contributed by atoms with E-state index in [9.17, 15) is 4.79 Å². The number of carbonyl (C=O) groups excluding carboxylic acids is 1. The third kappa shape index (κ3) is 3.65. The maximum atomic E-state index is 13.0. The average Bonchev–Trinajstić information content (AvgIpc) is 2.73. The molecule has 2 aliphatic heterocycles. The molecule has 2 aromatic carbocycles. The largest absolute Gasteiger partial charge is 0.494 e. The van der Waals surface area contributed by atoms with Gasteiger partial charge in [0.2, 0.25) is 0 Å². The topological polar surface area (TPSA) is 66.3 Å². The van der Waals surface area contributed by atoms with Crippen LogP contribution in [0.1, 0.15) is 24.2 Å². The van der Waals surface area contributed by atoms with E-state index in [0.29, 0.717) is 23.2 Å². The Bertz CT molecular complexity index is 1130. The molecule has 2 aromatic rings. The van der Waals surface area contributed by atoms with Crippen LogP contribution in [-0.4, -0.2) is 28.4 Å². The second-order valence-electron chi connectivity index (χ2n) is 6.63. The number of fused-ring (bicyclic) bond motifs is 2.